The predicted octanol–water partition coefficient (Wildman–Crippen LogP) is 4.45. The van der Waals surface area contributed by atoms with E-state index in [0.29, 0.717) is 30.1 Å². The summed E-state index contributed by atoms with van der Waals surface area (Å²) >= 11 is 5.87. The van der Waals surface area contributed by atoms with Gasteiger partial charge in [-0.2, -0.15) is 4.31 Å². The van der Waals surface area contributed by atoms with Crippen molar-refractivity contribution in [3.63, 3.8) is 0 Å². The van der Waals surface area contributed by atoms with Crippen LogP contribution < -0.4 is 10.1 Å². The van der Waals surface area contributed by atoms with Crippen LogP contribution in [0.5, 0.6) is 5.75 Å². The van der Waals surface area contributed by atoms with Gasteiger partial charge in [0.15, 0.2) is 0 Å². The number of hydrogen-bond acceptors (Lipinski definition) is 4. The summed E-state index contributed by atoms with van der Waals surface area (Å²) < 4.78 is 33.2. The van der Waals surface area contributed by atoms with Crippen molar-refractivity contribution < 1.29 is 17.9 Å². The van der Waals surface area contributed by atoms with Crippen LogP contribution in [0.2, 0.25) is 5.02 Å². The number of carbonyl (C=O) groups excluding carboxylic acids is 1. The predicted molar refractivity (Wildman–Crippen MR) is 116 cm³/mol. The summed E-state index contributed by atoms with van der Waals surface area (Å²) in [4.78, 5) is 13.0. The number of anilines is 1. The molecule has 30 heavy (non-hydrogen) atoms. The lowest BCUT2D eigenvalue weighted by molar-refractivity contribution is -0.119. The fraction of sp³-hybridized carbons (Fsp3) is 0.409. The minimum atomic E-state index is -3.77. The number of carbonyl (C=O) groups is 1. The van der Waals surface area contributed by atoms with Crippen molar-refractivity contribution in [2.75, 3.05) is 11.9 Å². The first-order valence-corrected chi connectivity index (χ1v) is 12.1. The zero-order valence-electron chi connectivity index (χ0n) is 16.6. The fourth-order valence-electron chi connectivity index (χ4n) is 4.07. The smallest absolute Gasteiger partial charge is 0.243 e. The summed E-state index contributed by atoms with van der Waals surface area (Å²) in [5.41, 5.74) is 0.620. The minimum absolute atomic E-state index is 0.139. The van der Waals surface area contributed by atoms with Crippen LogP contribution in [0.25, 0.3) is 0 Å². The molecule has 0 bridgehead atoms. The van der Waals surface area contributed by atoms with E-state index in [1.807, 2.05) is 12.1 Å². The summed E-state index contributed by atoms with van der Waals surface area (Å²) in [6.07, 6.45) is 5.97. The van der Waals surface area contributed by atoms with Gasteiger partial charge in [-0.25, -0.2) is 8.42 Å². The summed E-state index contributed by atoms with van der Waals surface area (Å²) in [6, 6.07) is 12.5. The van der Waals surface area contributed by atoms with Gasteiger partial charge in [-0.1, -0.05) is 11.6 Å². The highest BCUT2D eigenvalue weighted by atomic mass is 35.5. The van der Waals surface area contributed by atoms with Gasteiger partial charge < -0.3 is 10.1 Å². The molecule has 0 aromatic heterocycles. The van der Waals surface area contributed by atoms with Gasteiger partial charge in [0.2, 0.25) is 15.9 Å². The topological polar surface area (TPSA) is 75.7 Å². The fourth-order valence-corrected chi connectivity index (χ4v) is 5.86. The van der Waals surface area contributed by atoms with E-state index < -0.39 is 16.1 Å². The molecule has 0 spiro atoms. The molecule has 6 nitrogen and oxygen atoms in total. The first-order valence-electron chi connectivity index (χ1n) is 10.3. The molecule has 1 amide bonds. The number of hydrogen-bond donors (Lipinski definition) is 1. The first kappa shape index (κ1) is 21.2. The number of benzene rings is 2. The first-order chi connectivity index (χ1) is 14.4. The van der Waals surface area contributed by atoms with Gasteiger partial charge in [0.1, 0.15) is 11.8 Å². The van der Waals surface area contributed by atoms with Gasteiger partial charge in [0.25, 0.3) is 0 Å². The molecule has 0 radical (unpaired) electrons. The Balaban J connectivity index is 1.42. The maximum absolute atomic E-state index is 13.0. The van der Waals surface area contributed by atoms with Crippen LogP contribution in [0, 0.1) is 0 Å². The van der Waals surface area contributed by atoms with Crippen molar-refractivity contribution in [3.8, 4) is 5.75 Å². The molecule has 2 aromatic carbocycles. The molecule has 2 aliphatic rings. The van der Waals surface area contributed by atoms with E-state index in [0.717, 1.165) is 18.6 Å². The number of nitrogens with one attached hydrogen (secondary N) is 1. The molecule has 1 saturated heterocycles. The third-order valence-corrected chi connectivity index (χ3v) is 7.83. The van der Waals surface area contributed by atoms with Crippen molar-refractivity contribution in [3.05, 3.63) is 53.6 Å². The second-order valence-corrected chi connectivity index (χ2v) is 10.1. The van der Waals surface area contributed by atoms with Crippen LogP contribution in [0.4, 0.5) is 5.69 Å². The van der Waals surface area contributed by atoms with E-state index in [4.69, 9.17) is 16.3 Å². The molecular formula is C22H25ClN2O4S. The second-order valence-electron chi connectivity index (χ2n) is 7.77. The highest BCUT2D eigenvalue weighted by Gasteiger charge is 2.39. The molecule has 0 unspecified atom stereocenters. The molecule has 1 N–H and O–H groups in total. The highest BCUT2D eigenvalue weighted by Crippen LogP contribution is 2.29. The number of rotatable bonds is 6. The summed E-state index contributed by atoms with van der Waals surface area (Å²) in [5, 5.41) is 3.31. The van der Waals surface area contributed by atoms with Crippen molar-refractivity contribution in [1.29, 1.82) is 0 Å². The number of sulfonamides is 1. The maximum atomic E-state index is 13.0. The van der Waals surface area contributed by atoms with Gasteiger partial charge in [-0.05, 0) is 87.1 Å². The Kier molecular flexibility index (Phi) is 6.32. The normalized spacial score (nSPS) is 20.4. The average Bonchev–Trinajstić information content (AvgIpc) is 3.42. The van der Waals surface area contributed by atoms with Gasteiger partial charge in [0.05, 0.1) is 11.0 Å². The van der Waals surface area contributed by atoms with Crippen LogP contribution in [-0.4, -0.2) is 37.3 Å². The summed E-state index contributed by atoms with van der Waals surface area (Å²) in [7, 11) is -3.77. The number of halogens is 1. The molecule has 1 saturated carbocycles. The monoisotopic (exact) mass is 448 g/mol. The lowest BCUT2D eigenvalue weighted by atomic mass is 10.2. The molecule has 1 aliphatic carbocycles. The van der Waals surface area contributed by atoms with Crippen LogP contribution in [-0.2, 0) is 14.8 Å². The molecule has 1 heterocycles. The van der Waals surface area contributed by atoms with Crippen molar-refractivity contribution in [2.24, 2.45) is 0 Å². The molecule has 1 aliphatic heterocycles. The van der Waals surface area contributed by atoms with Crippen molar-refractivity contribution in [1.82, 2.24) is 4.31 Å². The van der Waals surface area contributed by atoms with Gasteiger partial charge in [0, 0.05) is 17.3 Å². The van der Waals surface area contributed by atoms with E-state index in [1.54, 1.807) is 12.1 Å². The van der Waals surface area contributed by atoms with Crippen LogP contribution in [0.1, 0.15) is 38.5 Å². The van der Waals surface area contributed by atoms with E-state index in [2.05, 4.69) is 5.32 Å². The third-order valence-electron chi connectivity index (χ3n) is 5.65. The molecule has 2 aromatic rings. The van der Waals surface area contributed by atoms with Crippen molar-refractivity contribution in [2.45, 2.75) is 55.6 Å². The number of ether oxygens (including phenoxy) is 1. The zero-order valence-corrected chi connectivity index (χ0v) is 18.2. The molecular weight excluding hydrogens is 424 g/mol. The molecule has 160 valence electrons. The Morgan fingerprint density at radius 2 is 1.63 bits per heavy atom. The highest BCUT2D eigenvalue weighted by molar-refractivity contribution is 7.89. The van der Waals surface area contributed by atoms with Gasteiger partial charge >= 0.3 is 0 Å². The lowest BCUT2D eigenvalue weighted by Gasteiger charge is -2.23. The number of nitrogens with zero attached hydrogens (tertiary/aromatic N) is 1. The maximum Gasteiger partial charge on any atom is 0.243 e. The standard InChI is InChI=1S/C22H25ClN2O4S/c23-16-7-13-20(14-8-16)30(27,28)25-15-3-6-21(25)22(26)24-17-9-11-19(12-10-17)29-18-4-1-2-5-18/h7-14,18,21H,1-6,15H2,(H,24,26)/t21-/m0/s1. The number of amides is 1. The second kappa shape index (κ2) is 8.96. The van der Waals surface area contributed by atoms with E-state index >= 15 is 0 Å². The van der Waals surface area contributed by atoms with Crippen molar-refractivity contribution >= 4 is 33.2 Å². The SMILES string of the molecule is O=C(Nc1ccc(OC2CCCC2)cc1)[C@@H]1CCCN1S(=O)(=O)c1ccc(Cl)cc1. The van der Waals surface area contributed by atoms with Gasteiger partial charge in [-0.3, -0.25) is 4.79 Å². The minimum Gasteiger partial charge on any atom is -0.490 e. The third kappa shape index (κ3) is 4.63. The van der Waals surface area contributed by atoms with Gasteiger partial charge in [-0.15, -0.1) is 0 Å². The van der Waals surface area contributed by atoms with Crippen LogP contribution in [0.3, 0.4) is 0 Å². The van der Waals surface area contributed by atoms with E-state index in [-0.39, 0.29) is 16.9 Å². The Labute approximate surface area is 182 Å². The quantitative estimate of drug-likeness (QED) is 0.708. The Morgan fingerprint density at radius 1 is 0.967 bits per heavy atom. The molecule has 1 atom stereocenters. The summed E-state index contributed by atoms with van der Waals surface area (Å²) in [6.45, 7) is 0.317. The van der Waals surface area contributed by atoms with E-state index in [9.17, 15) is 13.2 Å². The Morgan fingerprint density at radius 3 is 2.30 bits per heavy atom. The molecule has 8 heteroatoms. The largest absolute Gasteiger partial charge is 0.490 e. The van der Waals surface area contributed by atoms with Crippen LogP contribution in [0.15, 0.2) is 53.4 Å². The molecule has 2 fully saturated rings. The Bertz CT molecular complexity index is 987. The van der Waals surface area contributed by atoms with E-state index in [1.165, 1.54) is 41.4 Å². The lowest BCUT2D eigenvalue weighted by Crippen LogP contribution is -2.43. The van der Waals surface area contributed by atoms with Crippen LogP contribution >= 0.6 is 11.6 Å². The Hall–Kier alpha value is -2.09. The molecule has 4 rings (SSSR count). The zero-order chi connectivity index (χ0) is 21.1. The summed E-state index contributed by atoms with van der Waals surface area (Å²) in [5.74, 6) is 0.460. The average molecular weight is 449 g/mol.